The van der Waals surface area contributed by atoms with Gasteiger partial charge < -0.3 is 11.1 Å². The van der Waals surface area contributed by atoms with Crippen molar-refractivity contribution >= 4 is 27.5 Å². The average Bonchev–Trinajstić information content (AvgIpc) is 2.31. The van der Waals surface area contributed by atoms with Crippen LogP contribution in [0, 0.1) is 5.41 Å². The molecule has 1 aromatic carbocycles. The molecule has 0 bridgehead atoms. The van der Waals surface area contributed by atoms with Gasteiger partial charge in [0.2, 0.25) is 5.91 Å². The zero-order valence-electron chi connectivity index (χ0n) is 9.59. The molecule has 16 heavy (non-hydrogen) atoms. The molecular formula is C12H17BrN2O. The summed E-state index contributed by atoms with van der Waals surface area (Å²) >= 11 is 3.39. The number of benzene rings is 1. The van der Waals surface area contributed by atoms with Crippen molar-refractivity contribution in [3.05, 3.63) is 28.7 Å². The number of nitrogens with one attached hydrogen (secondary N) is 1. The molecule has 0 saturated heterocycles. The quantitative estimate of drug-likeness (QED) is 0.893. The molecule has 1 aromatic rings. The van der Waals surface area contributed by atoms with Crippen LogP contribution in [0.5, 0.6) is 0 Å². The second kappa shape index (κ2) is 5.46. The van der Waals surface area contributed by atoms with Crippen molar-refractivity contribution in [2.45, 2.75) is 20.3 Å². The Balaban J connectivity index is 2.83. The molecule has 1 atom stereocenters. The molecule has 1 unspecified atom stereocenters. The van der Waals surface area contributed by atoms with Gasteiger partial charge in [0.15, 0.2) is 0 Å². The van der Waals surface area contributed by atoms with Crippen LogP contribution in [-0.2, 0) is 4.79 Å². The van der Waals surface area contributed by atoms with E-state index in [1.807, 2.05) is 38.1 Å². The molecule has 0 fully saturated rings. The van der Waals surface area contributed by atoms with E-state index in [2.05, 4.69) is 21.2 Å². The van der Waals surface area contributed by atoms with Crippen LogP contribution in [0.1, 0.15) is 20.3 Å². The fourth-order valence-electron chi connectivity index (χ4n) is 1.23. The van der Waals surface area contributed by atoms with Gasteiger partial charge in [-0.2, -0.15) is 0 Å². The summed E-state index contributed by atoms with van der Waals surface area (Å²) in [5.74, 6) is -0.0376. The second-order valence-corrected chi connectivity index (χ2v) is 4.91. The van der Waals surface area contributed by atoms with E-state index in [0.717, 1.165) is 16.6 Å². The molecule has 3 N–H and O–H groups in total. The SMILES string of the molecule is CCC(C)(CN)C(=O)Nc1ccccc1Br. The summed E-state index contributed by atoms with van der Waals surface area (Å²) in [6.07, 6.45) is 0.722. The molecule has 1 amide bonds. The van der Waals surface area contributed by atoms with Crippen LogP contribution in [0.15, 0.2) is 28.7 Å². The summed E-state index contributed by atoms with van der Waals surface area (Å²) in [5.41, 5.74) is 5.91. The van der Waals surface area contributed by atoms with Crippen molar-refractivity contribution in [3.8, 4) is 0 Å². The minimum Gasteiger partial charge on any atom is -0.329 e. The van der Waals surface area contributed by atoms with Gasteiger partial charge in [-0.3, -0.25) is 4.79 Å². The second-order valence-electron chi connectivity index (χ2n) is 4.05. The summed E-state index contributed by atoms with van der Waals surface area (Å²) in [5, 5.41) is 2.89. The molecule has 0 aliphatic heterocycles. The Bertz CT molecular complexity index is 375. The molecule has 3 nitrogen and oxygen atoms in total. The highest BCUT2D eigenvalue weighted by Crippen LogP contribution is 2.26. The maximum atomic E-state index is 12.0. The minimum atomic E-state index is -0.505. The van der Waals surface area contributed by atoms with Gasteiger partial charge in [-0.15, -0.1) is 0 Å². The number of carbonyl (C=O) groups is 1. The Morgan fingerprint density at radius 1 is 1.50 bits per heavy atom. The summed E-state index contributed by atoms with van der Waals surface area (Å²) in [4.78, 5) is 12.0. The van der Waals surface area contributed by atoms with Crippen molar-refractivity contribution in [1.82, 2.24) is 0 Å². The minimum absolute atomic E-state index is 0.0376. The normalized spacial score (nSPS) is 14.2. The van der Waals surface area contributed by atoms with Gasteiger partial charge in [0.1, 0.15) is 0 Å². The van der Waals surface area contributed by atoms with Gasteiger partial charge in [0.25, 0.3) is 0 Å². The van der Waals surface area contributed by atoms with Crippen molar-refractivity contribution < 1.29 is 4.79 Å². The van der Waals surface area contributed by atoms with Crippen LogP contribution in [0.25, 0.3) is 0 Å². The zero-order valence-corrected chi connectivity index (χ0v) is 11.2. The monoisotopic (exact) mass is 284 g/mol. The first-order valence-corrected chi connectivity index (χ1v) is 6.09. The van der Waals surface area contributed by atoms with E-state index in [1.165, 1.54) is 0 Å². The Morgan fingerprint density at radius 3 is 2.62 bits per heavy atom. The van der Waals surface area contributed by atoms with Crippen LogP contribution < -0.4 is 11.1 Å². The Hall–Kier alpha value is -0.870. The van der Waals surface area contributed by atoms with Gasteiger partial charge in [-0.25, -0.2) is 0 Å². The largest absolute Gasteiger partial charge is 0.329 e. The summed E-state index contributed by atoms with van der Waals surface area (Å²) < 4.78 is 0.874. The summed E-state index contributed by atoms with van der Waals surface area (Å²) in [7, 11) is 0. The molecule has 0 radical (unpaired) electrons. The molecule has 0 aromatic heterocycles. The van der Waals surface area contributed by atoms with Gasteiger partial charge in [-0.05, 0) is 41.4 Å². The van der Waals surface area contributed by atoms with Crippen molar-refractivity contribution in [1.29, 1.82) is 0 Å². The molecular weight excluding hydrogens is 268 g/mol. The lowest BCUT2D eigenvalue weighted by Gasteiger charge is -2.25. The standard InChI is InChI=1S/C12H17BrN2O/c1-3-12(2,8-14)11(16)15-10-7-5-4-6-9(10)13/h4-7H,3,8,14H2,1-2H3,(H,15,16). The van der Waals surface area contributed by atoms with Gasteiger partial charge in [0.05, 0.1) is 11.1 Å². The van der Waals surface area contributed by atoms with E-state index in [0.29, 0.717) is 6.54 Å². The number of anilines is 1. The van der Waals surface area contributed by atoms with Crippen LogP contribution in [0.4, 0.5) is 5.69 Å². The lowest BCUT2D eigenvalue weighted by atomic mass is 9.86. The van der Waals surface area contributed by atoms with Crippen LogP contribution in [0.3, 0.4) is 0 Å². The third-order valence-corrected chi connectivity index (χ3v) is 3.59. The van der Waals surface area contributed by atoms with Crippen molar-refractivity contribution in [3.63, 3.8) is 0 Å². The van der Waals surface area contributed by atoms with Gasteiger partial charge in [-0.1, -0.05) is 19.1 Å². The highest BCUT2D eigenvalue weighted by molar-refractivity contribution is 9.10. The van der Waals surface area contributed by atoms with Crippen LogP contribution >= 0.6 is 15.9 Å². The first kappa shape index (κ1) is 13.2. The predicted molar refractivity (Wildman–Crippen MR) is 70.2 cm³/mol. The van der Waals surface area contributed by atoms with E-state index >= 15 is 0 Å². The topological polar surface area (TPSA) is 55.1 Å². The lowest BCUT2D eigenvalue weighted by molar-refractivity contribution is -0.124. The first-order valence-electron chi connectivity index (χ1n) is 5.29. The molecule has 0 aliphatic rings. The number of nitrogens with two attached hydrogens (primary N) is 1. The Kier molecular flexibility index (Phi) is 4.50. The van der Waals surface area contributed by atoms with E-state index in [1.54, 1.807) is 0 Å². The van der Waals surface area contributed by atoms with Crippen LogP contribution in [0.2, 0.25) is 0 Å². The van der Waals surface area contributed by atoms with Crippen molar-refractivity contribution in [2.24, 2.45) is 11.1 Å². The molecule has 1 rings (SSSR count). The first-order chi connectivity index (χ1) is 7.53. The third kappa shape index (κ3) is 2.83. The molecule has 0 heterocycles. The predicted octanol–water partition coefficient (Wildman–Crippen LogP) is 2.76. The van der Waals surface area contributed by atoms with E-state index in [-0.39, 0.29) is 5.91 Å². The van der Waals surface area contributed by atoms with E-state index in [9.17, 15) is 4.79 Å². The smallest absolute Gasteiger partial charge is 0.231 e. The number of hydrogen-bond acceptors (Lipinski definition) is 2. The maximum Gasteiger partial charge on any atom is 0.231 e. The molecule has 0 aliphatic carbocycles. The number of rotatable bonds is 4. The number of para-hydroxylation sites is 1. The van der Waals surface area contributed by atoms with E-state index in [4.69, 9.17) is 5.73 Å². The molecule has 4 heteroatoms. The summed E-state index contributed by atoms with van der Waals surface area (Å²) in [6.45, 7) is 4.19. The maximum absolute atomic E-state index is 12.0. The summed E-state index contributed by atoms with van der Waals surface area (Å²) in [6, 6.07) is 7.53. The van der Waals surface area contributed by atoms with Gasteiger partial charge in [0, 0.05) is 11.0 Å². The molecule has 0 saturated carbocycles. The molecule has 0 spiro atoms. The third-order valence-electron chi connectivity index (χ3n) is 2.90. The highest BCUT2D eigenvalue weighted by atomic mass is 79.9. The highest BCUT2D eigenvalue weighted by Gasteiger charge is 2.29. The number of hydrogen-bond donors (Lipinski definition) is 2. The van der Waals surface area contributed by atoms with Crippen LogP contribution in [-0.4, -0.2) is 12.5 Å². The number of carbonyl (C=O) groups excluding carboxylic acids is 1. The van der Waals surface area contributed by atoms with Gasteiger partial charge >= 0.3 is 0 Å². The Morgan fingerprint density at radius 2 is 2.12 bits per heavy atom. The van der Waals surface area contributed by atoms with Crippen molar-refractivity contribution in [2.75, 3.05) is 11.9 Å². The average molecular weight is 285 g/mol. The lowest BCUT2D eigenvalue weighted by Crippen LogP contribution is -2.39. The number of halogens is 1. The van der Waals surface area contributed by atoms with E-state index < -0.39 is 5.41 Å². The fraction of sp³-hybridized carbons (Fsp3) is 0.417. The molecule has 88 valence electrons. The Labute approximate surface area is 105 Å². The fourth-order valence-corrected chi connectivity index (χ4v) is 1.62. The zero-order chi connectivity index (χ0) is 12.2. The number of amides is 1.